The van der Waals surface area contributed by atoms with Crippen molar-refractivity contribution in [1.29, 1.82) is 0 Å². The van der Waals surface area contributed by atoms with Gasteiger partial charge in [0.1, 0.15) is 0 Å². The molecule has 1 heterocycles. The Kier molecular flexibility index (Phi) is 4.34. The quantitative estimate of drug-likeness (QED) is 0.808. The number of likely N-dealkylation sites (N-methyl/N-ethyl adjacent to an activating group) is 1. The van der Waals surface area contributed by atoms with Crippen molar-refractivity contribution < 1.29 is 0 Å². The second-order valence-corrected chi connectivity index (χ2v) is 4.60. The van der Waals surface area contributed by atoms with Crippen LogP contribution in [0, 0.1) is 0 Å². The summed E-state index contributed by atoms with van der Waals surface area (Å²) in [5, 5.41) is 4.12. The first kappa shape index (κ1) is 12.3. The highest BCUT2D eigenvalue weighted by molar-refractivity contribution is 7.80. The third-order valence-electron chi connectivity index (χ3n) is 3.13. The number of nitrogens with one attached hydrogen (secondary N) is 1. The number of piperazine rings is 1. The van der Waals surface area contributed by atoms with Gasteiger partial charge in [-0.3, -0.25) is 0 Å². The molecular formula is C13H19N3S. The zero-order valence-electron chi connectivity index (χ0n) is 10.2. The molecule has 0 unspecified atom stereocenters. The predicted octanol–water partition coefficient (Wildman–Crippen LogP) is 2.02. The topological polar surface area (TPSA) is 18.5 Å². The molecule has 1 aliphatic rings. The number of nitrogens with zero attached hydrogens (tertiary/aromatic N) is 2. The summed E-state index contributed by atoms with van der Waals surface area (Å²) >= 11 is 5.43. The Morgan fingerprint density at radius 3 is 2.41 bits per heavy atom. The standard InChI is InChI=1S/C13H19N3S/c1-2-15-8-10-16(11-9-15)13(17)14-12-6-4-3-5-7-12/h3-7H,2,8-11H2,1H3,(H,14,17). The van der Waals surface area contributed by atoms with E-state index in [1.54, 1.807) is 0 Å². The lowest BCUT2D eigenvalue weighted by molar-refractivity contribution is 0.191. The molecule has 1 aromatic rings. The third kappa shape index (κ3) is 3.41. The number of para-hydroxylation sites is 1. The molecule has 92 valence electrons. The van der Waals surface area contributed by atoms with E-state index < -0.39 is 0 Å². The van der Waals surface area contributed by atoms with Crippen LogP contribution in [0.1, 0.15) is 6.92 Å². The fourth-order valence-electron chi connectivity index (χ4n) is 1.99. The van der Waals surface area contributed by atoms with E-state index in [0.29, 0.717) is 0 Å². The van der Waals surface area contributed by atoms with Crippen molar-refractivity contribution in [2.75, 3.05) is 38.0 Å². The van der Waals surface area contributed by atoms with Gasteiger partial charge in [0.15, 0.2) is 5.11 Å². The average Bonchev–Trinajstić information content (AvgIpc) is 2.40. The van der Waals surface area contributed by atoms with Gasteiger partial charge in [0.25, 0.3) is 0 Å². The van der Waals surface area contributed by atoms with Gasteiger partial charge in [-0.05, 0) is 30.9 Å². The number of hydrogen-bond acceptors (Lipinski definition) is 2. The minimum absolute atomic E-state index is 0.840. The van der Waals surface area contributed by atoms with Crippen molar-refractivity contribution >= 4 is 23.0 Å². The Bertz CT molecular complexity index is 358. The van der Waals surface area contributed by atoms with Gasteiger partial charge in [-0.1, -0.05) is 25.1 Å². The summed E-state index contributed by atoms with van der Waals surface area (Å²) in [6.45, 7) is 7.59. The molecule has 0 atom stereocenters. The first-order valence-electron chi connectivity index (χ1n) is 6.13. The molecule has 0 bridgehead atoms. The van der Waals surface area contributed by atoms with Gasteiger partial charge in [0.05, 0.1) is 0 Å². The van der Waals surface area contributed by atoms with Gasteiger partial charge >= 0.3 is 0 Å². The molecule has 0 amide bonds. The van der Waals surface area contributed by atoms with Crippen LogP contribution in [-0.4, -0.2) is 47.6 Å². The van der Waals surface area contributed by atoms with Crippen LogP contribution in [0.4, 0.5) is 5.69 Å². The zero-order chi connectivity index (χ0) is 12.1. The molecule has 1 aromatic carbocycles. The monoisotopic (exact) mass is 249 g/mol. The van der Waals surface area contributed by atoms with Crippen molar-refractivity contribution in [2.45, 2.75) is 6.92 Å². The van der Waals surface area contributed by atoms with E-state index in [1.807, 2.05) is 30.3 Å². The van der Waals surface area contributed by atoms with E-state index in [9.17, 15) is 0 Å². The highest BCUT2D eigenvalue weighted by atomic mass is 32.1. The molecule has 3 nitrogen and oxygen atoms in total. The minimum atomic E-state index is 0.840. The van der Waals surface area contributed by atoms with Crippen molar-refractivity contribution in [2.24, 2.45) is 0 Å². The molecule has 17 heavy (non-hydrogen) atoms. The summed E-state index contributed by atoms with van der Waals surface area (Å²) in [5.74, 6) is 0. The maximum atomic E-state index is 5.43. The van der Waals surface area contributed by atoms with Crippen LogP contribution in [0.2, 0.25) is 0 Å². The van der Waals surface area contributed by atoms with Crippen LogP contribution >= 0.6 is 12.2 Å². The molecule has 0 aromatic heterocycles. The van der Waals surface area contributed by atoms with Crippen molar-refractivity contribution in [3.63, 3.8) is 0 Å². The smallest absolute Gasteiger partial charge is 0.173 e. The number of rotatable bonds is 2. The minimum Gasteiger partial charge on any atom is -0.346 e. The first-order chi connectivity index (χ1) is 8.29. The summed E-state index contributed by atoms with van der Waals surface area (Å²) < 4.78 is 0. The molecule has 1 saturated heterocycles. The van der Waals surface area contributed by atoms with Gasteiger partial charge in [0.2, 0.25) is 0 Å². The summed E-state index contributed by atoms with van der Waals surface area (Å²) in [6, 6.07) is 10.1. The number of anilines is 1. The van der Waals surface area contributed by atoms with E-state index in [2.05, 4.69) is 22.0 Å². The molecule has 0 aliphatic carbocycles. The lowest BCUT2D eigenvalue weighted by Gasteiger charge is -2.35. The summed E-state index contributed by atoms with van der Waals surface area (Å²) in [5.41, 5.74) is 1.07. The van der Waals surface area contributed by atoms with E-state index >= 15 is 0 Å². The van der Waals surface area contributed by atoms with Crippen molar-refractivity contribution in [1.82, 2.24) is 9.80 Å². The van der Waals surface area contributed by atoms with Gasteiger partial charge < -0.3 is 15.1 Å². The van der Waals surface area contributed by atoms with E-state index in [0.717, 1.165) is 43.5 Å². The Morgan fingerprint density at radius 2 is 1.82 bits per heavy atom. The van der Waals surface area contributed by atoms with Gasteiger partial charge in [-0.15, -0.1) is 0 Å². The highest BCUT2D eigenvalue weighted by Crippen LogP contribution is 2.08. The van der Waals surface area contributed by atoms with E-state index in [1.165, 1.54) is 0 Å². The van der Waals surface area contributed by atoms with Crippen LogP contribution in [0.5, 0.6) is 0 Å². The van der Waals surface area contributed by atoms with Crippen molar-refractivity contribution in [3.05, 3.63) is 30.3 Å². The zero-order valence-corrected chi connectivity index (χ0v) is 11.0. The summed E-state index contributed by atoms with van der Waals surface area (Å²) in [6.07, 6.45) is 0. The van der Waals surface area contributed by atoms with Gasteiger partial charge in [-0.2, -0.15) is 0 Å². The molecule has 1 N–H and O–H groups in total. The third-order valence-corrected chi connectivity index (χ3v) is 3.49. The molecule has 0 spiro atoms. The van der Waals surface area contributed by atoms with Crippen LogP contribution < -0.4 is 5.32 Å². The molecule has 1 aliphatic heterocycles. The number of hydrogen-bond donors (Lipinski definition) is 1. The van der Waals surface area contributed by atoms with Crippen LogP contribution in [0.15, 0.2) is 30.3 Å². The Labute approximate surface area is 108 Å². The molecule has 1 fully saturated rings. The van der Waals surface area contributed by atoms with Gasteiger partial charge in [0, 0.05) is 31.9 Å². The molecule has 4 heteroatoms. The average molecular weight is 249 g/mol. The Balaban J connectivity index is 1.85. The summed E-state index contributed by atoms with van der Waals surface area (Å²) in [4.78, 5) is 4.69. The molecule has 0 radical (unpaired) electrons. The van der Waals surface area contributed by atoms with Crippen LogP contribution in [0.25, 0.3) is 0 Å². The normalized spacial score (nSPS) is 16.9. The lowest BCUT2D eigenvalue weighted by atomic mass is 10.3. The molecule has 0 saturated carbocycles. The largest absolute Gasteiger partial charge is 0.346 e. The second kappa shape index (κ2) is 5.98. The Morgan fingerprint density at radius 1 is 1.18 bits per heavy atom. The van der Waals surface area contributed by atoms with E-state index in [4.69, 9.17) is 12.2 Å². The maximum absolute atomic E-state index is 5.43. The lowest BCUT2D eigenvalue weighted by Crippen LogP contribution is -2.49. The number of thiocarbonyl (C=S) groups is 1. The highest BCUT2D eigenvalue weighted by Gasteiger charge is 2.17. The number of benzene rings is 1. The second-order valence-electron chi connectivity index (χ2n) is 4.22. The molecular weight excluding hydrogens is 230 g/mol. The van der Waals surface area contributed by atoms with Gasteiger partial charge in [-0.25, -0.2) is 0 Å². The van der Waals surface area contributed by atoms with E-state index in [-0.39, 0.29) is 0 Å². The fraction of sp³-hybridized carbons (Fsp3) is 0.462. The predicted molar refractivity (Wildman–Crippen MR) is 76.3 cm³/mol. The SMILES string of the molecule is CCN1CCN(C(=S)Nc2ccccc2)CC1. The maximum Gasteiger partial charge on any atom is 0.173 e. The van der Waals surface area contributed by atoms with Crippen LogP contribution in [-0.2, 0) is 0 Å². The van der Waals surface area contributed by atoms with Crippen LogP contribution in [0.3, 0.4) is 0 Å². The molecule has 2 rings (SSSR count). The van der Waals surface area contributed by atoms with Crippen molar-refractivity contribution in [3.8, 4) is 0 Å². The Hall–Kier alpha value is -1.13. The first-order valence-corrected chi connectivity index (χ1v) is 6.53. The summed E-state index contributed by atoms with van der Waals surface area (Å²) in [7, 11) is 0. The fourth-order valence-corrected chi connectivity index (χ4v) is 2.29.